The Kier molecular flexibility index (Phi) is 4.76. The topological polar surface area (TPSA) is 58.4 Å². The van der Waals surface area contributed by atoms with Gasteiger partial charge in [0.15, 0.2) is 5.78 Å². The predicted octanol–water partition coefficient (Wildman–Crippen LogP) is 1.90. The minimum Gasteiger partial charge on any atom is -0.397 e. The number of nitrogens with one attached hydrogen (secondary N) is 1. The highest BCUT2D eigenvalue weighted by molar-refractivity contribution is 7.18. The van der Waals surface area contributed by atoms with Crippen LogP contribution in [0.25, 0.3) is 0 Å². The molecular formula is C11H19N3OS. The van der Waals surface area contributed by atoms with Crippen LogP contribution in [-0.4, -0.2) is 37.9 Å². The molecule has 0 aliphatic heterocycles. The van der Waals surface area contributed by atoms with Crippen molar-refractivity contribution in [1.29, 1.82) is 0 Å². The first-order valence-electron chi connectivity index (χ1n) is 5.29. The lowest BCUT2D eigenvalue weighted by molar-refractivity contribution is 0.102. The maximum absolute atomic E-state index is 11.2. The van der Waals surface area contributed by atoms with E-state index in [1.807, 2.05) is 6.07 Å². The summed E-state index contributed by atoms with van der Waals surface area (Å²) in [7, 11) is 4.11. The molecule has 0 amide bonds. The van der Waals surface area contributed by atoms with Gasteiger partial charge in [-0.1, -0.05) is 0 Å². The van der Waals surface area contributed by atoms with Crippen LogP contribution < -0.4 is 11.1 Å². The molecule has 0 aromatic carbocycles. The number of ketones is 1. The largest absolute Gasteiger partial charge is 0.397 e. The second-order valence-corrected chi connectivity index (χ2v) is 5.09. The van der Waals surface area contributed by atoms with Crippen molar-refractivity contribution in [3.05, 3.63) is 10.9 Å². The molecule has 4 nitrogen and oxygen atoms in total. The zero-order valence-electron chi connectivity index (χ0n) is 10.0. The molecular weight excluding hydrogens is 222 g/mol. The first-order valence-corrected chi connectivity index (χ1v) is 6.11. The highest BCUT2D eigenvalue weighted by atomic mass is 32.1. The number of nitrogens with two attached hydrogens (primary N) is 1. The normalized spacial score (nSPS) is 10.8. The van der Waals surface area contributed by atoms with Crippen LogP contribution in [0.4, 0.5) is 10.7 Å². The van der Waals surface area contributed by atoms with Crippen LogP contribution in [0.15, 0.2) is 6.07 Å². The van der Waals surface area contributed by atoms with Gasteiger partial charge < -0.3 is 16.0 Å². The van der Waals surface area contributed by atoms with Crippen LogP contribution >= 0.6 is 11.3 Å². The van der Waals surface area contributed by atoms with E-state index in [0.29, 0.717) is 10.6 Å². The van der Waals surface area contributed by atoms with E-state index in [1.165, 1.54) is 18.3 Å². The van der Waals surface area contributed by atoms with E-state index in [-0.39, 0.29) is 5.78 Å². The Bertz CT molecular complexity index is 360. The molecule has 1 aromatic heterocycles. The van der Waals surface area contributed by atoms with Gasteiger partial charge in [0.1, 0.15) is 0 Å². The number of rotatable bonds is 6. The van der Waals surface area contributed by atoms with E-state index in [0.717, 1.165) is 24.5 Å². The number of carbonyl (C=O) groups is 1. The second-order valence-electron chi connectivity index (χ2n) is 4.03. The molecule has 90 valence electrons. The lowest BCUT2D eigenvalue weighted by Crippen LogP contribution is -2.16. The number of carbonyl (C=O) groups excluding carboxylic acids is 1. The molecule has 0 aliphatic rings. The Morgan fingerprint density at radius 1 is 1.56 bits per heavy atom. The van der Waals surface area contributed by atoms with E-state index in [9.17, 15) is 4.79 Å². The minimum absolute atomic E-state index is 0.0313. The summed E-state index contributed by atoms with van der Waals surface area (Å²) in [6, 6.07) is 1.83. The van der Waals surface area contributed by atoms with Gasteiger partial charge in [0, 0.05) is 13.5 Å². The van der Waals surface area contributed by atoms with Crippen LogP contribution in [0.2, 0.25) is 0 Å². The molecule has 0 fully saturated rings. The van der Waals surface area contributed by atoms with E-state index in [1.54, 1.807) is 0 Å². The van der Waals surface area contributed by atoms with Gasteiger partial charge in [-0.2, -0.15) is 0 Å². The number of thiophene rings is 1. The Hall–Kier alpha value is -1.07. The Morgan fingerprint density at radius 3 is 2.75 bits per heavy atom. The van der Waals surface area contributed by atoms with Crippen molar-refractivity contribution in [1.82, 2.24) is 4.90 Å². The Balaban J connectivity index is 2.43. The average Bonchev–Trinajstić information content (AvgIpc) is 2.54. The quantitative estimate of drug-likeness (QED) is 0.590. The maximum Gasteiger partial charge on any atom is 0.171 e. The molecule has 0 bridgehead atoms. The molecule has 1 heterocycles. The van der Waals surface area contributed by atoms with Gasteiger partial charge in [-0.25, -0.2) is 0 Å². The number of hydrogen-bond acceptors (Lipinski definition) is 5. The molecule has 0 spiro atoms. The fourth-order valence-corrected chi connectivity index (χ4v) is 2.27. The third-order valence-electron chi connectivity index (χ3n) is 2.16. The fourth-order valence-electron chi connectivity index (χ4n) is 1.37. The van der Waals surface area contributed by atoms with Crippen molar-refractivity contribution >= 4 is 27.8 Å². The molecule has 16 heavy (non-hydrogen) atoms. The van der Waals surface area contributed by atoms with Crippen LogP contribution in [0.1, 0.15) is 23.0 Å². The molecule has 0 unspecified atom stereocenters. The van der Waals surface area contributed by atoms with Gasteiger partial charge in [0.05, 0.1) is 15.6 Å². The van der Waals surface area contributed by atoms with Crippen LogP contribution in [0, 0.1) is 0 Å². The van der Waals surface area contributed by atoms with Crippen molar-refractivity contribution in [2.75, 3.05) is 38.2 Å². The van der Waals surface area contributed by atoms with Gasteiger partial charge >= 0.3 is 0 Å². The van der Waals surface area contributed by atoms with Gasteiger partial charge in [-0.05, 0) is 33.1 Å². The second kappa shape index (κ2) is 5.86. The number of hydrogen-bond donors (Lipinski definition) is 2. The van der Waals surface area contributed by atoms with Crippen molar-refractivity contribution in [3.8, 4) is 0 Å². The first kappa shape index (κ1) is 13.0. The summed E-state index contributed by atoms with van der Waals surface area (Å²) < 4.78 is 0. The highest BCUT2D eigenvalue weighted by Gasteiger charge is 2.09. The summed E-state index contributed by atoms with van der Waals surface area (Å²) in [4.78, 5) is 14.0. The van der Waals surface area contributed by atoms with E-state index >= 15 is 0 Å². The third kappa shape index (κ3) is 3.83. The maximum atomic E-state index is 11.2. The van der Waals surface area contributed by atoms with Crippen molar-refractivity contribution < 1.29 is 4.79 Å². The smallest absolute Gasteiger partial charge is 0.171 e. The highest BCUT2D eigenvalue weighted by Crippen LogP contribution is 2.29. The zero-order valence-corrected chi connectivity index (χ0v) is 10.9. The summed E-state index contributed by atoms with van der Waals surface area (Å²) >= 11 is 1.43. The van der Waals surface area contributed by atoms with Crippen molar-refractivity contribution in [2.24, 2.45) is 0 Å². The minimum atomic E-state index is 0.0313. The molecule has 0 saturated heterocycles. The van der Waals surface area contributed by atoms with Crippen molar-refractivity contribution in [2.45, 2.75) is 13.3 Å². The van der Waals surface area contributed by atoms with E-state index < -0.39 is 0 Å². The fraction of sp³-hybridized carbons (Fsp3) is 0.545. The molecule has 0 atom stereocenters. The summed E-state index contributed by atoms with van der Waals surface area (Å²) in [5, 5.41) is 4.25. The number of anilines is 2. The Morgan fingerprint density at radius 2 is 2.25 bits per heavy atom. The molecule has 0 saturated carbocycles. The summed E-state index contributed by atoms with van der Waals surface area (Å²) in [5.41, 5.74) is 6.31. The lowest BCUT2D eigenvalue weighted by atomic mass is 10.3. The number of nitrogens with zero attached hydrogens (tertiary/aromatic N) is 1. The third-order valence-corrected chi connectivity index (χ3v) is 3.37. The number of Topliss-reactive ketones (excluding diaryl/α,β-unsaturated/α-hetero) is 1. The SMILES string of the molecule is CC(=O)c1sc(NCCCN(C)C)cc1N. The standard InChI is InChI=1S/C11H19N3OS/c1-8(15)11-9(12)7-10(16-11)13-5-4-6-14(2)3/h7,13H,4-6,12H2,1-3H3. The average molecular weight is 241 g/mol. The van der Waals surface area contributed by atoms with Crippen molar-refractivity contribution in [3.63, 3.8) is 0 Å². The first-order chi connectivity index (χ1) is 7.50. The van der Waals surface area contributed by atoms with E-state index in [2.05, 4.69) is 24.3 Å². The molecule has 1 rings (SSSR count). The lowest BCUT2D eigenvalue weighted by Gasteiger charge is -2.09. The van der Waals surface area contributed by atoms with E-state index in [4.69, 9.17) is 5.73 Å². The number of nitrogen functional groups attached to an aromatic ring is 1. The molecule has 1 aromatic rings. The summed E-state index contributed by atoms with van der Waals surface area (Å²) in [6.45, 7) is 3.49. The van der Waals surface area contributed by atoms with Gasteiger partial charge in [-0.3, -0.25) is 4.79 Å². The molecule has 0 radical (unpaired) electrons. The Labute approximate surface area is 100 Å². The zero-order chi connectivity index (χ0) is 12.1. The predicted molar refractivity (Wildman–Crippen MR) is 70.4 cm³/mol. The monoisotopic (exact) mass is 241 g/mol. The summed E-state index contributed by atoms with van der Waals surface area (Å²) in [5.74, 6) is 0.0313. The van der Waals surface area contributed by atoms with Crippen LogP contribution in [0.5, 0.6) is 0 Å². The summed E-state index contributed by atoms with van der Waals surface area (Å²) in [6.07, 6.45) is 1.07. The van der Waals surface area contributed by atoms with Crippen LogP contribution in [0.3, 0.4) is 0 Å². The van der Waals surface area contributed by atoms with Gasteiger partial charge in [0.25, 0.3) is 0 Å². The van der Waals surface area contributed by atoms with Crippen LogP contribution in [-0.2, 0) is 0 Å². The molecule has 3 N–H and O–H groups in total. The van der Waals surface area contributed by atoms with Gasteiger partial charge in [0.2, 0.25) is 0 Å². The molecule has 0 aliphatic carbocycles. The van der Waals surface area contributed by atoms with Gasteiger partial charge in [-0.15, -0.1) is 11.3 Å². The molecule has 5 heteroatoms.